The first kappa shape index (κ1) is 26.9. The molecule has 0 aromatic carbocycles. The second-order valence-electron chi connectivity index (χ2n) is 11.8. The van der Waals surface area contributed by atoms with Crippen LogP contribution >= 0.6 is 0 Å². The van der Waals surface area contributed by atoms with Crippen molar-refractivity contribution in [1.82, 2.24) is 69.4 Å². The Morgan fingerprint density at radius 3 is 2.37 bits per heavy atom. The van der Waals surface area contributed by atoms with Crippen LogP contribution in [0.1, 0.15) is 0 Å². The molecule has 0 bridgehead atoms. The Bertz CT molecular complexity index is 3460. The van der Waals surface area contributed by atoms with Crippen molar-refractivity contribution in [3.05, 3.63) is 86.4 Å². The van der Waals surface area contributed by atoms with Crippen LogP contribution in [0.5, 0.6) is 0 Å². The molecule has 0 amide bonds. The molecule has 0 N–H and O–H groups in total. The van der Waals surface area contributed by atoms with Gasteiger partial charge in [0.25, 0.3) is 0 Å². The Kier molecular flexibility index (Phi) is 5.09. The Morgan fingerprint density at radius 1 is 0.500 bits per heavy atom. The Morgan fingerprint density at radius 2 is 1.37 bits per heavy atom. The van der Waals surface area contributed by atoms with E-state index >= 15 is 0 Å². The maximum atomic E-state index is 6.26. The largest absolute Gasteiger partial charge is 0.436 e. The third kappa shape index (κ3) is 3.66. The van der Waals surface area contributed by atoms with Crippen LogP contribution in [-0.4, -0.2) is 69.4 Å². The predicted molar refractivity (Wildman–Crippen MR) is 185 cm³/mol. The van der Waals surface area contributed by atoms with Crippen molar-refractivity contribution in [3.63, 3.8) is 0 Å². The highest BCUT2D eigenvalue weighted by Gasteiger charge is 2.24. The number of nitrogens with zero attached hydrogens (tertiary/aromatic N) is 14. The molecule has 0 aliphatic rings. The number of hydrogen-bond donors (Lipinski definition) is 0. The molecule has 0 spiro atoms. The van der Waals surface area contributed by atoms with E-state index in [9.17, 15) is 0 Å². The zero-order valence-electron chi connectivity index (χ0n) is 26.1. The average molecular weight is 679 g/mol. The normalized spacial score (nSPS) is 12.2. The van der Waals surface area contributed by atoms with Gasteiger partial charge in [-0.25, -0.2) is 49.8 Å². The zero-order valence-corrected chi connectivity index (χ0v) is 26.1. The molecule has 0 aliphatic carbocycles. The van der Waals surface area contributed by atoms with Crippen LogP contribution in [0.2, 0.25) is 0 Å². The molecule has 0 unspecified atom stereocenters. The molecule has 17 nitrogen and oxygen atoms in total. The van der Waals surface area contributed by atoms with Gasteiger partial charge in [-0.2, -0.15) is 4.98 Å². The topological polar surface area (TPSA) is 212 Å². The van der Waals surface area contributed by atoms with Gasteiger partial charge in [0.15, 0.2) is 22.5 Å². The Labute approximate surface area is 286 Å². The lowest BCUT2D eigenvalue weighted by Gasteiger charge is -2.09. The molecule has 12 aromatic heterocycles. The molecular weight excluding hydrogens is 664 g/mol. The van der Waals surface area contributed by atoms with Gasteiger partial charge in [-0.15, -0.1) is 0 Å². The summed E-state index contributed by atoms with van der Waals surface area (Å²) in [7, 11) is 0. The van der Waals surface area contributed by atoms with E-state index in [1.54, 1.807) is 67.9 Å². The van der Waals surface area contributed by atoms with Crippen LogP contribution in [0.3, 0.4) is 0 Å². The highest BCUT2D eigenvalue weighted by molar-refractivity contribution is 6.08. The summed E-state index contributed by atoms with van der Waals surface area (Å²) in [6.45, 7) is 0. The first-order chi connectivity index (χ1) is 25.7. The van der Waals surface area contributed by atoms with Crippen LogP contribution in [0.4, 0.5) is 0 Å². The monoisotopic (exact) mass is 678 g/mol. The zero-order chi connectivity index (χ0) is 33.9. The van der Waals surface area contributed by atoms with Crippen LogP contribution in [0.15, 0.2) is 99.6 Å². The predicted octanol–water partition coefficient (Wildman–Crippen LogP) is 5.95. The molecule has 0 fully saturated rings. The summed E-state index contributed by atoms with van der Waals surface area (Å²) in [5.74, 6) is 1.05. The minimum atomic E-state index is 0.282. The number of hydrogen-bond acceptors (Lipinski definition) is 16. The van der Waals surface area contributed by atoms with Crippen LogP contribution in [-0.2, 0) is 0 Å². The molecule has 12 rings (SSSR count). The van der Waals surface area contributed by atoms with Crippen LogP contribution in [0.25, 0.3) is 118 Å². The van der Waals surface area contributed by atoms with Crippen molar-refractivity contribution in [2.45, 2.75) is 0 Å². The molecule has 0 radical (unpaired) electrons. The van der Waals surface area contributed by atoms with E-state index in [0.717, 1.165) is 5.39 Å². The van der Waals surface area contributed by atoms with Crippen molar-refractivity contribution in [1.29, 1.82) is 0 Å². The standard InChI is InChI=1S/C35H14N14O3/c1-2-22-24(38-4-1)17-10-41-32(48-33(17)51-22)31-42-13-20-27(47-31)26-19(12-37-14-44-26)49(20)23-8-15(30-28(46-23)29-35(52-30)40-7-6-39-29)18-11-43-34-25(45-18)16-9-36-5-3-21(16)50-34/h1-14H. The van der Waals surface area contributed by atoms with Gasteiger partial charge in [0.1, 0.15) is 45.3 Å². The van der Waals surface area contributed by atoms with Crippen molar-refractivity contribution < 1.29 is 13.3 Å². The maximum absolute atomic E-state index is 6.26. The first-order valence-corrected chi connectivity index (χ1v) is 15.8. The summed E-state index contributed by atoms with van der Waals surface area (Å²) in [6.07, 6.45) is 16.3. The molecule has 52 heavy (non-hydrogen) atoms. The van der Waals surface area contributed by atoms with Crippen molar-refractivity contribution in [2.75, 3.05) is 0 Å². The van der Waals surface area contributed by atoms with Crippen LogP contribution in [0, 0.1) is 0 Å². The highest BCUT2D eigenvalue weighted by atomic mass is 16.3. The second-order valence-corrected chi connectivity index (χ2v) is 11.8. The Hall–Kier alpha value is -7.95. The SMILES string of the molecule is c1cnc2c(c1)oc1nc(-c3ncc4c(n3)c3ncncc3n4-c3cc(-c4cnc5oc6ccncc6c5n4)c4oc5nccnc5c4n3)ncc12. The number of aromatic nitrogens is 14. The molecule has 0 saturated heterocycles. The summed E-state index contributed by atoms with van der Waals surface area (Å²) in [5, 5.41) is 1.43. The van der Waals surface area contributed by atoms with Crippen molar-refractivity contribution >= 4 is 88.8 Å². The molecular formula is C35H14N14O3. The van der Waals surface area contributed by atoms with E-state index in [0.29, 0.717) is 100 Å². The second kappa shape index (κ2) is 9.82. The van der Waals surface area contributed by atoms with E-state index < -0.39 is 0 Å². The number of pyridine rings is 3. The molecule has 0 atom stereocenters. The first-order valence-electron chi connectivity index (χ1n) is 15.8. The molecule has 12 aromatic rings. The third-order valence-corrected chi connectivity index (χ3v) is 8.89. The van der Waals surface area contributed by atoms with Gasteiger partial charge in [-0.05, 0) is 24.3 Å². The fraction of sp³-hybridized carbons (Fsp3) is 0. The average Bonchev–Trinajstić information content (AvgIpc) is 3.95. The highest BCUT2D eigenvalue weighted by Crippen LogP contribution is 2.38. The summed E-state index contributed by atoms with van der Waals surface area (Å²) >= 11 is 0. The van der Waals surface area contributed by atoms with E-state index in [4.69, 9.17) is 28.2 Å². The lowest BCUT2D eigenvalue weighted by Crippen LogP contribution is -2.01. The van der Waals surface area contributed by atoms with E-state index in [-0.39, 0.29) is 11.6 Å². The van der Waals surface area contributed by atoms with E-state index in [1.165, 1.54) is 6.33 Å². The molecule has 242 valence electrons. The Balaban J connectivity index is 1.10. The lowest BCUT2D eigenvalue weighted by molar-refractivity contribution is 0.650. The van der Waals surface area contributed by atoms with Crippen molar-refractivity contribution in [2.24, 2.45) is 0 Å². The van der Waals surface area contributed by atoms with Gasteiger partial charge in [-0.3, -0.25) is 14.5 Å². The third-order valence-electron chi connectivity index (χ3n) is 8.89. The maximum Gasteiger partial charge on any atom is 0.248 e. The minimum absolute atomic E-state index is 0.282. The van der Waals surface area contributed by atoms with Gasteiger partial charge < -0.3 is 13.3 Å². The summed E-state index contributed by atoms with van der Waals surface area (Å²) in [6, 6.07) is 7.26. The van der Waals surface area contributed by atoms with E-state index in [1.807, 2.05) is 16.7 Å². The molecule has 17 heteroatoms. The van der Waals surface area contributed by atoms with Gasteiger partial charge >= 0.3 is 0 Å². The van der Waals surface area contributed by atoms with E-state index in [2.05, 4.69) is 49.8 Å². The van der Waals surface area contributed by atoms with Gasteiger partial charge in [-0.1, -0.05) is 0 Å². The fourth-order valence-corrected chi connectivity index (χ4v) is 6.62. The molecule has 0 saturated carbocycles. The summed E-state index contributed by atoms with van der Waals surface area (Å²) < 4.78 is 20.0. The quantitative estimate of drug-likeness (QED) is 0.211. The van der Waals surface area contributed by atoms with Crippen LogP contribution < -0.4 is 0 Å². The lowest BCUT2D eigenvalue weighted by atomic mass is 10.1. The number of rotatable bonds is 3. The smallest absolute Gasteiger partial charge is 0.248 e. The molecule has 0 aliphatic heterocycles. The summed E-state index contributed by atoms with van der Waals surface area (Å²) in [5.41, 5.74) is 8.43. The minimum Gasteiger partial charge on any atom is -0.436 e. The molecule has 12 heterocycles. The summed E-state index contributed by atoms with van der Waals surface area (Å²) in [4.78, 5) is 60.0. The van der Waals surface area contributed by atoms with Gasteiger partial charge in [0.05, 0.1) is 51.7 Å². The van der Waals surface area contributed by atoms with Crippen molar-refractivity contribution in [3.8, 4) is 28.7 Å². The number of fused-ring (bicyclic) bond motifs is 12. The fourth-order valence-electron chi connectivity index (χ4n) is 6.62. The van der Waals surface area contributed by atoms with Gasteiger partial charge in [0, 0.05) is 37.2 Å². The number of furan rings is 3. The van der Waals surface area contributed by atoms with Gasteiger partial charge in [0.2, 0.25) is 23.0 Å².